The van der Waals surface area contributed by atoms with Gasteiger partial charge in [0.25, 0.3) is 4.92 Å². The molecule has 14 heavy (non-hydrogen) atoms. The summed E-state index contributed by atoms with van der Waals surface area (Å²) >= 11 is 0. The lowest BCUT2D eigenvalue weighted by molar-refractivity contribution is -0.737. The largest absolute Gasteiger partial charge is 0.484 e. The fourth-order valence-electron chi connectivity index (χ4n) is 0.962. The van der Waals surface area contributed by atoms with E-state index in [0.717, 1.165) is 0 Å². The minimum absolute atomic E-state index is 0.00130. The zero-order valence-electron chi connectivity index (χ0n) is 8.43. The van der Waals surface area contributed by atoms with Gasteiger partial charge < -0.3 is 4.74 Å². The summed E-state index contributed by atoms with van der Waals surface area (Å²) in [4.78, 5) is 19.9. The van der Waals surface area contributed by atoms with Gasteiger partial charge in [-0.05, 0) is 13.8 Å². The van der Waals surface area contributed by atoms with Crippen molar-refractivity contribution >= 4 is 5.69 Å². The number of hydrogen-bond acceptors (Lipinski definition) is 4. The van der Waals surface area contributed by atoms with Crippen molar-refractivity contribution in [1.29, 1.82) is 0 Å². The molecular formula is C9H13N2O3+. The maximum atomic E-state index is 11.2. The van der Waals surface area contributed by atoms with E-state index in [1.54, 1.807) is 12.3 Å². The average Bonchev–Trinajstić information content (AvgIpc) is 2.16. The maximum Gasteiger partial charge on any atom is 0.376 e. The van der Waals surface area contributed by atoms with Gasteiger partial charge in [0.05, 0.1) is 11.0 Å². The van der Waals surface area contributed by atoms with E-state index < -0.39 is 0 Å². The Bertz CT molecular complexity index is 326. The van der Waals surface area contributed by atoms with Gasteiger partial charge in [-0.3, -0.25) is 4.98 Å². The molecule has 0 spiro atoms. The van der Waals surface area contributed by atoms with E-state index in [9.17, 15) is 4.91 Å². The van der Waals surface area contributed by atoms with Gasteiger partial charge in [-0.25, -0.2) is 4.84 Å². The van der Waals surface area contributed by atoms with Crippen molar-refractivity contribution < 1.29 is 14.5 Å². The quantitative estimate of drug-likeness (QED) is 0.691. The number of ether oxygens (including phenoxy) is 1. The van der Waals surface area contributed by atoms with E-state index in [1.807, 2.05) is 13.8 Å². The first kappa shape index (κ1) is 10.4. The molecule has 1 rings (SSSR count). The van der Waals surface area contributed by atoms with Gasteiger partial charge in [0.2, 0.25) is 5.75 Å². The van der Waals surface area contributed by atoms with Crippen molar-refractivity contribution in [3.8, 4) is 5.75 Å². The molecule has 1 aromatic rings. The molecule has 0 bridgehead atoms. The fraction of sp³-hybridized carbons (Fsp3) is 0.444. The molecule has 76 valence electrons. The lowest BCUT2D eigenvalue weighted by Crippen LogP contribution is -2.08. The lowest BCUT2D eigenvalue weighted by Gasteiger charge is -2.07. The first-order valence-electron chi connectivity index (χ1n) is 4.27. The molecular weight excluding hydrogens is 184 g/mol. The zero-order chi connectivity index (χ0) is 10.6. The molecule has 1 heterocycles. The highest BCUT2D eigenvalue weighted by molar-refractivity contribution is 5.42. The van der Waals surface area contributed by atoms with E-state index in [4.69, 9.17) is 4.74 Å². The highest BCUT2D eigenvalue weighted by Gasteiger charge is 2.22. The van der Waals surface area contributed by atoms with Crippen LogP contribution in [0.3, 0.4) is 0 Å². The van der Waals surface area contributed by atoms with Crippen LogP contribution in [-0.2, 0) is 4.84 Å². The Morgan fingerprint density at radius 3 is 2.79 bits per heavy atom. The summed E-state index contributed by atoms with van der Waals surface area (Å²) in [5, 5.41) is 0. The predicted molar refractivity (Wildman–Crippen MR) is 50.3 cm³/mol. The lowest BCUT2D eigenvalue weighted by atomic mass is 10.4. The third kappa shape index (κ3) is 2.42. The minimum Gasteiger partial charge on any atom is -0.484 e. The summed E-state index contributed by atoms with van der Waals surface area (Å²) in [5.74, 6) is 0.465. The van der Waals surface area contributed by atoms with Crippen molar-refractivity contribution in [3.05, 3.63) is 23.4 Å². The van der Waals surface area contributed by atoms with Gasteiger partial charge in [0, 0.05) is 12.3 Å². The molecule has 0 N–H and O–H groups in total. The normalized spacial score (nSPS) is 10.0. The number of nitrogens with zero attached hydrogens (tertiary/aromatic N) is 2. The highest BCUT2D eigenvalue weighted by Crippen LogP contribution is 2.25. The summed E-state index contributed by atoms with van der Waals surface area (Å²) in [6, 6.07) is 1.62. The van der Waals surface area contributed by atoms with E-state index in [0.29, 0.717) is 10.7 Å². The Kier molecular flexibility index (Phi) is 3.39. The fourth-order valence-corrected chi connectivity index (χ4v) is 0.962. The third-order valence-corrected chi connectivity index (χ3v) is 1.49. The standard InChI is InChI=1S/C9H13N2O3/c1-7(2)14-9-4-5-10-6-8(9)11(12)13-3/h4-7H,1-3H3/q+1. The van der Waals surface area contributed by atoms with Crippen LogP contribution in [0.1, 0.15) is 13.8 Å². The molecule has 0 unspecified atom stereocenters. The Morgan fingerprint density at radius 2 is 2.21 bits per heavy atom. The molecule has 0 amide bonds. The van der Waals surface area contributed by atoms with Crippen molar-refractivity contribution in [3.63, 3.8) is 0 Å². The van der Waals surface area contributed by atoms with Gasteiger partial charge in [-0.15, -0.1) is 0 Å². The van der Waals surface area contributed by atoms with Crippen LogP contribution < -0.4 is 4.74 Å². The van der Waals surface area contributed by atoms with Crippen molar-refractivity contribution in [2.24, 2.45) is 0 Å². The molecule has 0 saturated carbocycles. The summed E-state index contributed by atoms with van der Waals surface area (Å²) < 4.78 is 5.41. The van der Waals surface area contributed by atoms with E-state index in [1.165, 1.54) is 13.3 Å². The van der Waals surface area contributed by atoms with Crippen LogP contribution in [0.4, 0.5) is 5.69 Å². The van der Waals surface area contributed by atoms with Crippen LogP contribution >= 0.6 is 0 Å². The highest BCUT2D eigenvalue weighted by atomic mass is 16.8. The molecule has 0 aromatic carbocycles. The van der Waals surface area contributed by atoms with Gasteiger partial charge in [-0.1, -0.05) is 0 Å². The molecule has 1 aromatic heterocycles. The number of aromatic nitrogens is 1. The first-order valence-corrected chi connectivity index (χ1v) is 4.27. The third-order valence-electron chi connectivity index (χ3n) is 1.49. The second-order valence-corrected chi connectivity index (χ2v) is 2.95. The molecule has 0 radical (unpaired) electrons. The summed E-state index contributed by atoms with van der Waals surface area (Å²) in [6.45, 7) is 3.76. The van der Waals surface area contributed by atoms with Crippen LogP contribution in [-0.4, -0.2) is 23.1 Å². The Morgan fingerprint density at radius 1 is 1.50 bits per heavy atom. The minimum atomic E-state index is 0.00130. The van der Waals surface area contributed by atoms with Crippen LogP contribution in [0.15, 0.2) is 18.5 Å². The molecule has 0 aliphatic rings. The second-order valence-electron chi connectivity index (χ2n) is 2.95. The Labute approximate surface area is 82.2 Å². The van der Waals surface area contributed by atoms with Gasteiger partial charge in [0.1, 0.15) is 6.20 Å². The summed E-state index contributed by atoms with van der Waals surface area (Å²) in [5.41, 5.74) is 0.267. The first-order chi connectivity index (χ1) is 6.65. The molecule has 0 atom stereocenters. The van der Waals surface area contributed by atoms with Crippen LogP contribution in [0.2, 0.25) is 0 Å². The topological polar surface area (TPSA) is 51.4 Å². The number of pyridine rings is 1. The number of rotatable bonds is 4. The average molecular weight is 197 g/mol. The smallest absolute Gasteiger partial charge is 0.376 e. The summed E-state index contributed by atoms with van der Waals surface area (Å²) in [7, 11) is 1.29. The van der Waals surface area contributed by atoms with Crippen LogP contribution in [0.5, 0.6) is 5.75 Å². The second kappa shape index (κ2) is 4.55. The van der Waals surface area contributed by atoms with Crippen molar-refractivity contribution in [1.82, 2.24) is 4.98 Å². The van der Waals surface area contributed by atoms with E-state index >= 15 is 0 Å². The van der Waals surface area contributed by atoms with Gasteiger partial charge in [-0.2, -0.15) is 0 Å². The molecule has 0 aliphatic carbocycles. The molecule has 5 heteroatoms. The van der Waals surface area contributed by atoms with Crippen molar-refractivity contribution in [2.75, 3.05) is 7.11 Å². The van der Waals surface area contributed by atoms with Crippen LogP contribution in [0.25, 0.3) is 0 Å². The van der Waals surface area contributed by atoms with Gasteiger partial charge >= 0.3 is 5.69 Å². The maximum absolute atomic E-state index is 11.2. The van der Waals surface area contributed by atoms with Crippen LogP contribution in [0, 0.1) is 4.91 Å². The monoisotopic (exact) mass is 197 g/mol. The van der Waals surface area contributed by atoms with Gasteiger partial charge in [0.15, 0.2) is 7.11 Å². The molecule has 0 fully saturated rings. The number of hydrogen-bond donors (Lipinski definition) is 0. The zero-order valence-corrected chi connectivity index (χ0v) is 8.43. The SMILES string of the molecule is CO[N+](=O)c1cnccc1OC(C)C. The predicted octanol–water partition coefficient (Wildman–Crippen LogP) is 1.84. The van der Waals surface area contributed by atoms with Crippen molar-refractivity contribution in [2.45, 2.75) is 20.0 Å². The Hall–Kier alpha value is -1.65. The molecule has 0 aliphatic heterocycles. The van der Waals surface area contributed by atoms with E-state index in [-0.39, 0.29) is 11.8 Å². The molecule has 0 saturated heterocycles. The molecule has 5 nitrogen and oxygen atoms in total. The van der Waals surface area contributed by atoms with E-state index in [2.05, 4.69) is 9.82 Å². The summed E-state index contributed by atoms with van der Waals surface area (Å²) in [6.07, 6.45) is 2.96. The Balaban J connectivity index is 2.97.